The molecule has 0 radical (unpaired) electrons. The van der Waals surface area contributed by atoms with E-state index in [-0.39, 0.29) is 11.5 Å². The summed E-state index contributed by atoms with van der Waals surface area (Å²) in [7, 11) is 0. The lowest BCUT2D eigenvalue weighted by Gasteiger charge is -2.23. The Kier molecular flexibility index (Phi) is 4.35. The molecular formula is C17H23N5S. The van der Waals surface area contributed by atoms with Crippen LogP contribution in [-0.2, 0) is 18.5 Å². The summed E-state index contributed by atoms with van der Waals surface area (Å²) in [5.74, 6) is 2.17. The monoisotopic (exact) mass is 329 g/mol. The van der Waals surface area contributed by atoms with E-state index in [1.807, 2.05) is 23.1 Å². The summed E-state index contributed by atoms with van der Waals surface area (Å²) in [5, 5.41) is 11.2. The first-order chi connectivity index (χ1) is 10.9. The molecule has 3 aromatic rings. The van der Waals surface area contributed by atoms with Crippen LogP contribution in [0.15, 0.2) is 36.0 Å². The van der Waals surface area contributed by atoms with Gasteiger partial charge in [-0.1, -0.05) is 13.0 Å². The van der Waals surface area contributed by atoms with Crippen molar-refractivity contribution in [3.8, 4) is 0 Å². The van der Waals surface area contributed by atoms with Gasteiger partial charge in [-0.2, -0.15) is 10.2 Å². The Labute approximate surface area is 141 Å². The molecule has 0 aromatic carbocycles. The SMILES string of the molecule is C[C@@H](Cn1cccn1)c1nc(Cc2cccs2)nn1C(C)(C)C. The van der Waals surface area contributed by atoms with E-state index in [0.29, 0.717) is 0 Å². The zero-order valence-corrected chi connectivity index (χ0v) is 14.9. The topological polar surface area (TPSA) is 48.5 Å². The zero-order chi connectivity index (χ0) is 16.4. The van der Waals surface area contributed by atoms with Gasteiger partial charge in [0.05, 0.1) is 12.1 Å². The molecule has 0 saturated carbocycles. The molecule has 3 heterocycles. The van der Waals surface area contributed by atoms with Gasteiger partial charge in [0.1, 0.15) is 5.82 Å². The second kappa shape index (κ2) is 6.28. The van der Waals surface area contributed by atoms with Crippen molar-refractivity contribution in [2.45, 2.75) is 52.1 Å². The zero-order valence-electron chi connectivity index (χ0n) is 14.1. The first-order valence-corrected chi connectivity index (χ1v) is 8.77. The average molecular weight is 329 g/mol. The molecule has 23 heavy (non-hydrogen) atoms. The highest BCUT2D eigenvalue weighted by molar-refractivity contribution is 7.09. The number of hydrogen-bond donors (Lipinski definition) is 0. The summed E-state index contributed by atoms with van der Waals surface area (Å²) in [5.41, 5.74) is -0.0889. The molecular weight excluding hydrogens is 306 g/mol. The number of hydrogen-bond acceptors (Lipinski definition) is 4. The number of aromatic nitrogens is 5. The Morgan fingerprint density at radius 1 is 1.26 bits per heavy atom. The molecule has 1 atom stereocenters. The van der Waals surface area contributed by atoms with Crippen LogP contribution >= 0.6 is 11.3 Å². The minimum atomic E-state index is -0.0889. The predicted octanol–water partition coefficient (Wildman–Crippen LogP) is 3.69. The van der Waals surface area contributed by atoms with Crippen molar-refractivity contribution in [1.82, 2.24) is 24.5 Å². The molecule has 6 heteroatoms. The van der Waals surface area contributed by atoms with E-state index in [2.05, 4.69) is 55.0 Å². The lowest BCUT2D eigenvalue weighted by atomic mass is 10.1. The summed E-state index contributed by atoms with van der Waals surface area (Å²) in [6.45, 7) is 9.49. The third kappa shape index (κ3) is 3.69. The normalized spacial score (nSPS) is 13.4. The van der Waals surface area contributed by atoms with Gasteiger partial charge in [-0.25, -0.2) is 9.67 Å². The maximum atomic E-state index is 4.85. The van der Waals surface area contributed by atoms with Crippen LogP contribution in [0.4, 0.5) is 0 Å². The lowest BCUT2D eigenvalue weighted by Crippen LogP contribution is -2.27. The molecule has 0 amide bonds. The average Bonchev–Trinajstić information content (AvgIpc) is 3.18. The molecule has 3 rings (SSSR count). The molecule has 0 aliphatic carbocycles. The van der Waals surface area contributed by atoms with Crippen molar-refractivity contribution in [1.29, 1.82) is 0 Å². The molecule has 0 unspecified atom stereocenters. The summed E-state index contributed by atoms with van der Waals surface area (Å²) >= 11 is 1.75. The van der Waals surface area contributed by atoms with Crippen LogP contribution in [0.1, 0.15) is 50.1 Å². The lowest BCUT2D eigenvalue weighted by molar-refractivity contribution is 0.327. The quantitative estimate of drug-likeness (QED) is 0.717. The smallest absolute Gasteiger partial charge is 0.156 e. The second-order valence-corrected chi connectivity index (χ2v) is 7.89. The van der Waals surface area contributed by atoms with Gasteiger partial charge in [0.15, 0.2) is 5.82 Å². The first kappa shape index (κ1) is 15.9. The fourth-order valence-corrected chi connectivity index (χ4v) is 3.30. The van der Waals surface area contributed by atoms with Crippen LogP contribution < -0.4 is 0 Å². The summed E-state index contributed by atoms with van der Waals surface area (Å²) in [4.78, 5) is 6.14. The van der Waals surface area contributed by atoms with Crippen LogP contribution in [0.3, 0.4) is 0 Å². The van der Waals surface area contributed by atoms with Crippen LogP contribution in [0, 0.1) is 0 Å². The Morgan fingerprint density at radius 3 is 2.70 bits per heavy atom. The number of rotatable bonds is 5. The van der Waals surface area contributed by atoms with E-state index >= 15 is 0 Å². The highest BCUT2D eigenvalue weighted by atomic mass is 32.1. The Hall–Kier alpha value is -1.95. The second-order valence-electron chi connectivity index (χ2n) is 6.85. The minimum absolute atomic E-state index is 0.0889. The van der Waals surface area contributed by atoms with Crippen molar-refractivity contribution in [2.24, 2.45) is 0 Å². The Morgan fingerprint density at radius 2 is 2.09 bits per heavy atom. The Bertz CT molecular complexity index is 735. The Balaban J connectivity index is 1.88. The maximum absolute atomic E-state index is 4.85. The van der Waals surface area contributed by atoms with E-state index < -0.39 is 0 Å². The van der Waals surface area contributed by atoms with Gasteiger partial charge in [-0.15, -0.1) is 11.3 Å². The van der Waals surface area contributed by atoms with E-state index in [0.717, 1.165) is 24.6 Å². The third-order valence-electron chi connectivity index (χ3n) is 3.68. The van der Waals surface area contributed by atoms with Crippen molar-refractivity contribution in [3.05, 3.63) is 52.5 Å². The highest BCUT2D eigenvalue weighted by Crippen LogP contribution is 2.24. The first-order valence-electron chi connectivity index (χ1n) is 7.89. The van der Waals surface area contributed by atoms with Crippen LogP contribution in [0.5, 0.6) is 0 Å². The minimum Gasteiger partial charge on any atom is -0.272 e. The standard InChI is InChI=1S/C17H23N5S/c1-13(12-21-9-6-8-18-21)16-19-15(11-14-7-5-10-23-14)20-22(16)17(2,3)4/h5-10,13H,11-12H2,1-4H3/t13-/m0/s1. The van der Waals surface area contributed by atoms with E-state index in [1.54, 1.807) is 11.3 Å². The van der Waals surface area contributed by atoms with Crippen molar-refractivity contribution in [3.63, 3.8) is 0 Å². The molecule has 122 valence electrons. The van der Waals surface area contributed by atoms with Gasteiger partial charge in [0, 0.05) is 29.6 Å². The van der Waals surface area contributed by atoms with Gasteiger partial charge in [0.25, 0.3) is 0 Å². The number of nitrogens with zero attached hydrogens (tertiary/aromatic N) is 5. The molecule has 0 aliphatic rings. The third-order valence-corrected chi connectivity index (χ3v) is 4.56. The van der Waals surface area contributed by atoms with Crippen molar-refractivity contribution >= 4 is 11.3 Å². The molecule has 3 aromatic heterocycles. The van der Waals surface area contributed by atoms with Gasteiger partial charge in [-0.3, -0.25) is 4.68 Å². The van der Waals surface area contributed by atoms with Crippen molar-refractivity contribution in [2.75, 3.05) is 0 Å². The van der Waals surface area contributed by atoms with Crippen molar-refractivity contribution < 1.29 is 0 Å². The van der Waals surface area contributed by atoms with Gasteiger partial charge in [-0.05, 0) is 38.3 Å². The van der Waals surface area contributed by atoms with Gasteiger partial charge in [0.2, 0.25) is 0 Å². The predicted molar refractivity (Wildman–Crippen MR) is 92.8 cm³/mol. The molecule has 0 spiro atoms. The maximum Gasteiger partial charge on any atom is 0.156 e. The van der Waals surface area contributed by atoms with Crippen LogP contribution in [0.2, 0.25) is 0 Å². The van der Waals surface area contributed by atoms with Crippen LogP contribution in [-0.4, -0.2) is 24.5 Å². The van der Waals surface area contributed by atoms with E-state index in [4.69, 9.17) is 10.1 Å². The summed E-state index contributed by atoms with van der Waals surface area (Å²) in [6, 6.07) is 6.15. The van der Waals surface area contributed by atoms with Gasteiger partial charge < -0.3 is 0 Å². The molecule has 0 bridgehead atoms. The molecule has 0 fully saturated rings. The molecule has 0 aliphatic heterocycles. The molecule has 0 N–H and O–H groups in total. The molecule has 5 nitrogen and oxygen atoms in total. The largest absolute Gasteiger partial charge is 0.272 e. The fourth-order valence-electron chi connectivity index (χ4n) is 2.60. The van der Waals surface area contributed by atoms with Crippen LogP contribution in [0.25, 0.3) is 0 Å². The highest BCUT2D eigenvalue weighted by Gasteiger charge is 2.24. The van der Waals surface area contributed by atoms with E-state index in [1.165, 1.54) is 4.88 Å². The number of thiophene rings is 1. The van der Waals surface area contributed by atoms with Gasteiger partial charge >= 0.3 is 0 Å². The summed E-state index contributed by atoms with van der Waals surface area (Å²) in [6.07, 6.45) is 4.59. The summed E-state index contributed by atoms with van der Waals surface area (Å²) < 4.78 is 4.02. The molecule has 0 saturated heterocycles. The fraction of sp³-hybridized carbons (Fsp3) is 0.471. The van der Waals surface area contributed by atoms with E-state index in [9.17, 15) is 0 Å².